The van der Waals surface area contributed by atoms with Gasteiger partial charge >= 0.3 is 31.4 Å². The molecule has 0 bridgehead atoms. The minimum Gasteiger partial charge on any atom is -0.326 e. The highest BCUT2D eigenvalue weighted by molar-refractivity contribution is 6.92. The average Bonchev–Trinajstić information content (AvgIpc) is 3.01. The molecule has 0 aromatic heterocycles. The summed E-state index contributed by atoms with van der Waals surface area (Å²) in [6, 6.07) is 0. The van der Waals surface area contributed by atoms with Crippen LogP contribution in [0.3, 0.4) is 0 Å². The molecule has 0 saturated heterocycles. The zero-order valence-corrected chi connectivity index (χ0v) is 17.2. The number of halogens is 9. The summed E-state index contributed by atoms with van der Waals surface area (Å²) in [7, 11) is -8.07. The standard InChI is InChI=1S/C17H22F9O3Si/c1-3-10-28-14(27,29-11-4-2)9-8-12-6-5-7-13(12)30(15(18,19)20,16(21,22)23)17(24,25)26/h5,7H,3-4,6,8-11H2,1-2H3. The van der Waals surface area contributed by atoms with Gasteiger partial charge in [-0.3, -0.25) is 0 Å². The van der Waals surface area contributed by atoms with E-state index in [1.165, 1.54) is 0 Å². The zero-order valence-electron chi connectivity index (χ0n) is 16.2. The molecule has 175 valence electrons. The molecule has 0 atom stereocenters. The van der Waals surface area contributed by atoms with Crippen LogP contribution in [0.4, 0.5) is 39.5 Å². The molecule has 0 saturated carbocycles. The molecule has 0 spiro atoms. The van der Waals surface area contributed by atoms with Gasteiger partial charge in [-0.15, -0.1) is 0 Å². The molecule has 0 unspecified atom stereocenters. The maximum Gasteiger partial charge on any atom is 0.452 e. The van der Waals surface area contributed by atoms with Crippen molar-refractivity contribution >= 4 is 8.07 Å². The van der Waals surface area contributed by atoms with Crippen LogP contribution in [-0.2, 0) is 14.6 Å². The van der Waals surface area contributed by atoms with Crippen LogP contribution in [-0.4, -0.2) is 44.7 Å². The highest BCUT2D eigenvalue weighted by atomic mass is 28.3. The minimum absolute atomic E-state index is 0.0935. The second kappa shape index (κ2) is 9.61. The van der Waals surface area contributed by atoms with Crippen LogP contribution in [0.2, 0.25) is 0 Å². The molecule has 1 radical (unpaired) electrons. The molecule has 0 amide bonds. The molecule has 13 heteroatoms. The van der Waals surface area contributed by atoms with E-state index < -0.39 is 61.5 Å². The van der Waals surface area contributed by atoms with E-state index >= 15 is 0 Å². The van der Waals surface area contributed by atoms with Crippen molar-refractivity contribution in [3.8, 4) is 0 Å². The molecule has 3 nitrogen and oxygen atoms in total. The summed E-state index contributed by atoms with van der Waals surface area (Å²) in [5.41, 5.74) is -0.728. The predicted molar refractivity (Wildman–Crippen MR) is 89.8 cm³/mol. The number of hydrogen-bond donors (Lipinski definition) is 0. The SMILES string of the molecule is CCCOC([O])(CCC1=C([Si](C(F)(F)F)(C(F)(F)F)C(F)(F)F)C=CC1)OCCC. The Hall–Kier alpha value is -1.05. The third-order valence-corrected chi connectivity index (χ3v) is 8.37. The van der Waals surface area contributed by atoms with Crippen LogP contribution in [0.25, 0.3) is 0 Å². The molecule has 0 aliphatic heterocycles. The van der Waals surface area contributed by atoms with Gasteiger partial charge in [0, 0.05) is 6.42 Å². The van der Waals surface area contributed by atoms with Crippen molar-refractivity contribution < 1.29 is 54.1 Å². The topological polar surface area (TPSA) is 38.4 Å². The van der Waals surface area contributed by atoms with Crippen LogP contribution in [0.5, 0.6) is 0 Å². The Balaban J connectivity index is 3.42. The number of alkyl halides is 9. The first-order valence-electron chi connectivity index (χ1n) is 9.15. The van der Waals surface area contributed by atoms with E-state index in [-0.39, 0.29) is 19.3 Å². The number of ether oxygens (including phenoxy) is 2. The third-order valence-electron chi connectivity index (χ3n) is 4.49. The molecule has 0 fully saturated rings. The quantitative estimate of drug-likeness (QED) is 0.214. The molecule has 0 heterocycles. The van der Waals surface area contributed by atoms with Gasteiger partial charge in [-0.25, -0.2) is 0 Å². The zero-order chi connectivity index (χ0) is 23.4. The largest absolute Gasteiger partial charge is 0.452 e. The molecule has 1 aliphatic rings. The summed E-state index contributed by atoms with van der Waals surface area (Å²) in [6.07, 6.45) is -0.238. The Bertz CT molecular complexity index is 592. The van der Waals surface area contributed by atoms with Crippen molar-refractivity contribution in [1.82, 2.24) is 0 Å². The van der Waals surface area contributed by atoms with Crippen molar-refractivity contribution in [1.29, 1.82) is 0 Å². The monoisotopic (exact) mass is 473 g/mol. The molecule has 0 aromatic carbocycles. The van der Waals surface area contributed by atoms with E-state index in [2.05, 4.69) is 0 Å². The van der Waals surface area contributed by atoms with Crippen LogP contribution in [0.15, 0.2) is 22.9 Å². The van der Waals surface area contributed by atoms with Gasteiger partial charge < -0.3 is 9.47 Å². The van der Waals surface area contributed by atoms with Crippen molar-refractivity contribution in [2.45, 2.75) is 69.3 Å². The van der Waals surface area contributed by atoms with Gasteiger partial charge in [-0.1, -0.05) is 31.6 Å². The smallest absolute Gasteiger partial charge is 0.326 e. The van der Waals surface area contributed by atoms with E-state index in [9.17, 15) is 44.6 Å². The third kappa shape index (κ3) is 5.40. The van der Waals surface area contributed by atoms with Crippen LogP contribution in [0.1, 0.15) is 46.0 Å². The molecule has 0 N–H and O–H groups in total. The first-order valence-corrected chi connectivity index (χ1v) is 11.1. The van der Waals surface area contributed by atoms with E-state index in [1.54, 1.807) is 13.8 Å². The second-order valence-electron chi connectivity index (χ2n) is 6.75. The minimum atomic E-state index is -8.07. The van der Waals surface area contributed by atoms with E-state index in [1.807, 2.05) is 0 Å². The molecule has 1 rings (SSSR count). The summed E-state index contributed by atoms with van der Waals surface area (Å²) in [5.74, 6) is -22.3. The van der Waals surface area contributed by atoms with Gasteiger partial charge in [0.05, 0.1) is 13.2 Å². The van der Waals surface area contributed by atoms with E-state index in [0.717, 1.165) is 6.08 Å². The lowest BCUT2D eigenvalue weighted by Crippen LogP contribution is -2.73. The fraction of sp³-hybridized carbons (Fsp3) is 0.765. The molecule has 30 heavy (non-hydrogen) atoms. The molecular weight excluding hydrogens is 451 g/mol. The molecule has 1 aliphatic carbocycles. The van der Waals surface area contributed by atoms with Gasteiger partial charge in [-0.2, -0.15) is 44.6 Å². The van der Waals surface area contributed by atoms with Crippen molar-refractivity contribution in [3.63, 3.8) is 0 Å². The lowest BCUT2D eigenvalue weighted by molar-refractivity contribution is -0.390. The van der Waals surface area contributed by atoms with Crippen LogP contribution < -0.4 is 0 Å². The normalized spacial score (nSPS) is 16.7. The van der Waals surface area contributed by atoms with Gasteiger partial charge in [0.2, 0.25) is 0 Å². The van der Waals surface area contributed by atoms with E-state index in [0.29, 0.717) is 12.8 Å². The van der Waals surface area contributed by atoms with Crippen LogP contribution in [0, 0.1) is 0 Å². The lowest BCUT2D eigenvalue weighted by atomic mass is 10.1. The number of rotatable bonds is 10. The fourth-order valence-corrected chi connectivity index (χ4v) is 6.12. The molecule has 0 aromatic rings. The average molecular weight is 473 g/mol. The molecular formula is C17H22F9O3Si. The number of allylic oxidation sites excluding steroid dienone is 4. The second-order valence-corrected chi connectivity index (χ2v) is 10.5. The van der Waals surface area contributed by atoms with Crippen molar-refractivity contribution in [2.75, 3.05) is 13.2 Å². The van der Waals surface area contributed by atoms with Gasteiger partial charge in [0.15, 0.2) is 0 Å². The summed E-state index contributed by atoms with van der Waals surface area (Å²) in [5, 5.41) is 10.8. The van der Waals surface area contributed by atoms with Gasteiger partial charge in [0.1, 0.15) is 0 Å². The van der Waals surface area contributed by atoms with Gasteiger partial charge in [0.25, 0.3) is 0 Å². The Morgan fingerprint density at radius 2 is 1.30 bits per heavy atom. The Morgan fingerprint density at radius 3 is 1.67 bits per heavy atom. The highest BCUT2D eigenvalue weighted by Gasteiger charge is 2.89. The summed E-state index contributed by atoms with van der Waals surface area (Å²) < 4.78 is 131. The Labute approximate surface area is 168 Å². The Kier molecular flexibility index (Phi) is 8.65. The van der Waals surface area contributed by atoms with Crippen molar-refractivity contribution in [3.05, 3.63) is 22.9 Å². The predicted octanol–water partition coefficient (Wildman–Crippen LogP) is 6.25. The maximum atomic E-state index is 13.4. The summed E-state index contributed by atoms with van der Waals surface area (Å²) >= 11 is 0. The first-order chi connectivity index (χ1) is 13.6. The van der Waals surface area contributed by atoms with E-state index in [4.69, 9.17) is 9.47 Å². The Morgan fingerprint density at radius 1 is 0.867 bits per heavy atom. The first kappa shape index (κ1) is 27.0. The summed E-state index contributed by atoms with van der Waals surface area (Å²) in [6.45, 7) is 3.11. The van der Waals surface area contributed by atoms with Crippen LogP contribution >= 0.6 is 0 Å². The van der Waals surface area contributed by atoms with Gasteiger partial charge in [-0.05, 0) is 30.9 Å². The summed E-state index contributed by atoms with van der Waals surface area (Å²) in [4.78, 5) is 0. The van der Waals surface area contributed by atoms with Crippen molar-refractivity contribution in [2.24, 2.45) is 0 Å². The lowest BCUT2D eigenvalue weighted by Gasteiger charge is -2.37. The maximum absolute atomic E-state index is 13.4. The fourth-order valence-electron chi connectivity index (χ4n) is 3.12. The number of hydrogen-bond acceptors (Lipinski definition) is 2. The highest BCUT2D eigenvalue weighted by Crippen LogP contribution is 2.56.